The third-order valence-electron chi connectivity index (χ3n) is 5.76. The van der Waals surface area contributed by atoms with Crippen LogP contribution in [0.5, 0.6) is 0 Å². The van der Waals surface area contributed by atoms with Gasteiger partial charge in [0.15, 0.2) is 0 Å². The lowest BCUT2D eigenvalue weighted by Crippen LogP contribution is -2.40. The van der Waals surface area contributed by atoms with Gasteiger partial charge in [0.1, 0.15) is 5.82 Å². The Bertz CT molecular complexity index is 676. The van der Waals surface area contributed by atoms with Crippen LogP contribution in [-0.4, -0.2) is 11.8 Å². The number of nitrogens with zero attached hydrogens (tertiary/aromatic N) is 1. The van der Waals surface area contributed by atoms with Crippen LogP contribution in [0.2, 0.25) is 0 Å². The number of hydrogen-bond donors (Lipinski definition) is 0. The van der Waals surface area contributed by atoms with Crippen LogP contribution in [0.1, 0.15) is 6.42 Å². The molecule has 0 unspecified atom stereocenters. The summed E-state index contributed by atoms with van der Waals surface area (Å²) in [5, 5.41) is 0. The second-order valence-corrected chi connectivity index (χ2v) is 6.62. The Balaban J connectivity index is 1.62. The largest absolute Gasteiger partial charge is 0.274 e. The molecule has 1 heterocycles. The van der Waals surface area contributed by atoms with E-state index in [1.165, 1.54) is 12.1 Å². The van der Waals surface area contributed by atoms with Crippen molar-refractivity contribution in [1.82, 2.24) is 0 Å². The molecular formula is C17H14FNO2. The Kier molecular flexibility index (Phi) is 2.01. The van der Waals surface area contributed by atoms with Gasteiger partial charge < -0.3 is 0 Å². The van der Waals surface area contributed by atoms with Gasteiger partial charge in [-0.25, -0.2) is 9.29 Å². The Morgan fingerprint density at radius 3 is 2.10 bits per heavy atom. The molecule has 1 saturated heterocycles. The molecule has 2 bridgehead atoms. The molecule has 2 amide bonds. The van der Waals surface area contributed by atoms with E-state index in [2.05, 4.69) is 12.2 Å². The second kappa shape index (κ2) is 3.62. The summed E-state index contributed by atoms with van der Waals surface area (Å²) in [7, 11) is 0. The Labute approximate surface area is 121 Å². The fourth-order valence-electron chi connectivity index (χ4n) is 4.83. The summed E-state index contributed by atoms with van der Waals surface area (Å²) in [6.07, 6.45) is 5.38. The molecule has 1 aromatic rings. The quantitative estimate of drug-likeness (QED) is 0.586. The zero-order chi connectivity index (χ0) is 14.3. The fraction of sp³-hybridized carbons (Fsp3) is 0.412. The molecule has 6 atom stereocenters. The maximum absolute atomic E-state index is 14.0. The van der Waals surface area contributed by atoms with Crippen molar-refractivity contribution in [2.45, 2.75) is 6.42 Å². The van der Waals surface area contributed by atoms with Gasteiger partial charge in [0.05, 0.1) is 17.5 Å². The highest BCUT2D eigenvalue weighted by molar-refractivity contribution is 6.22. The summed E-state index contributed by atoms with van der Waals surface area (Å²) >= 11 is 0. The van der Waals surface area contributed by atoms with E-state index in [4.69, 9.17) is 0 Å². The Morgan fingerprint density at radius 2 is 1.52 bits per heavy atom. The molecular weight excluding hydrogens is 269 g/mol. The van der Waals surface area contributed by atoms with Crippen LogP contribution in [0.4, 0.5) is 10.1 Å². The van der Waals surface area contributed by atoms with Crippen LogP contribution in [-0.2, 0) is 9.59 Å². The van der Waals surface area contributed by atoms with Crippen LogP contribution in [0, 0.1) is 41.3 Å². The van der Waals surface area contributed by atoms with Crippen molar-refractivity contribution in [3.05, 3.63) is 42.2 Å². The van der Waals surface area contributed by atoms with Crippen molar-refractivity contribution >= 4 is 17.5 Å². The first kappa shape index (κ1) is 11.7. The molecule has 106 valence electrons. The van der Waals surface area contributed by atoms with Crippen LogP contribution in [0.25, 0.3) is 0 Å². The Hall–Kier alpha value is -1.97. The molecule has 3 nitrogen and oxygen atoms in total. The van der Waals surface area contributed by atoms with E-state index in [1.54, 1.807) is 12.1 Å². The summed E-state index contributed by atoms with van der Waals surface area (Å²) in [5.74, 6) is 0.0308. The molecule has 5 aliphatic rings. The molecule has 0 spiro atoms. The van der Waals surface area contributed by atoms with Crippen LogP contribution in [0.15, 0.2) is 36.4 Å². The lowest BCUT2D eigenvalue weighted by Gasteiger charge is -2.37. The maximum Gasteiger partial charge on any atom is 0.238 e. The van der Waals surface area contributed by atoms with Gasteiger partial charge >= 0.3 is 0 Å². The molecule has 1 aromatic carbocycles. The average Bonchev–Trinajstić information content (AvgIpc) is 3.26. The fourth-order valence-corrected chi connectivity index (χ4v) is 4.83. The third-order valence-corrected chi connectivity index (χ3v) is 5.76. The number of carbonyl (C=O) groups excluding carboxylic acids is 2. The summed E-state index contributed by atoms with van der Waals surface area (Å²) in [6.45, 7) is 0. The van der Waals surface area contributed by atoms with Crippen LogP contribution < -0.4 is 4.90 Å². The molecule has 0 aromatic heterocycles. The molecule has 4 aliphatic carbocycles. The summed E-state index contributed by atoms with van der Waals surface area (Å²) in [4.78, 5) is 26.6. The highest BCUT2D eigenvalue weighted by Crippen LogP contribution is 2.65. The number of para-hydroxylation sites is 1. The summed E-state index contributed by atoms with van der Waals surface area (Å²) in [5.41, 5.74) is 0.106. The number of amides is 2. The van der Waals surface area contributed by atoms with Gasteiger partial charge in [0, 0.05) is 0 Å². The minimum atomic E-state index is -0.511. The smallest absolute Gasteiger partial charge is 0.238 e. The number of rotatable bonds is 1. The minimum absolute atomic E-state index is 0.106. The van der Waals surface area contributed by atoms with Crippen molar-refractivity contribution in [3.63, 3.8) is 0 Å². The number of benzene rings is 1. The number of hydrogen-bond acceptors (Lipinski definition) is 2. The molecule has 0 radical (unpaired) electrons. The van der Waals surface area contributed by atoms with E-state index < -0.39 is 5.82 Å². The van der Waals surface area contributed by atoms with Gasteiger partial charge in [0.2, 0.25) is 11.8 Å². The zero-order valence-electron chi connectivity index (χ0n) is 11.3. The van der Waals surface area contributed by atoms with E-state index in [0.717, 1.165) is 11.3 Å². The average molecular weight is 283 g/mol. The maximum atomic E-state index is 14.0. The van der Waals surface area contributed by atoms with Crippen molar-refractivity contribution in [3.8, 4) is 0 Å². The van der Waals surface area contributed by atoms with E-state index in [-0.39, 0.29) is 41.2 Å². The lowest BCUT2D eigenvalue weighted by atomic mass is 9.63. The number of anilines is 1. The number of halogens is 1. The molecule has 0 N–H and O–H groups in total. The topological polar surface area (TPSA) is 37.4 Å². The van der Waals surface area contributed by atoms with Gasteiger partial charge in [0.25, 0.3) is 0 Å². The standard InChI is InChI=1S/C17H14FNO2/c18-12-3-1-2-4-13(12)19-16(20)14-8-5-6-9(11-7-10(8)11)15(14)17(19)21/h1-6,8-11,14-15H,7H2/t8-,9+,10+,11-,14+,15-. The molecule has 21 heavy (non-hydrogen) atoms. The SMILES string of the molecule is O=C1[C@@H]2[C@H]3C=C[C@H]([C@@H]4C[C@H]34)[C@@H]2C(=O)N1c1ccccc1F. The first-order chi connectivity index (χ1) is 10.2. The van der Waals surface area contributed by atoms with E-state index >= 15 is 0 Å². The van der Waals surface area contributed by atoms with Crippen molar-refractivity contribution in [2.24, 2.45) is 35.5 Å². The van der Waals surface area contributed by atoms with Crippen molar-refractivity contribution < 1.29 is 14.0 Å². The molecule has 3 fully saturated rings. The van der Waals surface area contributed by atoms with Crippen molar-refractivity contribution in [2.75, 3.05) is 4.90 Å². The molecule has 6 rings (SSSR count). The molecule has 2 saturated carbocycles. The highest BCUT2D eigenvalue weighted by Gasteiger charge is 2.67. The monoisotopic (exact) mass is 283 g/mol. The minimum Gasteiger partial charge on any atom is -0.274 e. The first-order valence-electron chi connectivity index (χ1n) is 7.49. The van der Waals surface area contributed by atoms with E-state index in [0.29, 0.717) is 11.8 Å². The van der Waals surface area contributed by atoms with Crippen LogP contribution >= 0.6 is 0 Å². The Morgan fingerprint density at radius 1 is 0.952 bits per heavy atom. The van der Waals surface area contributed by atoms with Gasteiger partial charge in [-0.05, 0) is 42.2 Å². The molecule has 1 aliphatic heterocycles. The van der Waals surface area contributed by atoms with Crippen LogP contribution in [0.3, 0.4) is 0 Å². The van der Waals surface area contributed by atoms with Gasteiger partial charge in [-0.15, -0.1) is 0 Å². The first-order valence-corrected chi connectivity index (χ1v) is 7.49. The van der Waals surface area contributed by atoms with Gasteiger partial charge in [-0.2, -0.15) is 0 Å². The summed E-state index contributed by atoms with van der Waals surface area (Å²) in [6, 6.07) is 6.03. The summed E-state index contributed by atoms with van der Waals surface area (Å²) < 4.78 is 14.0. The number of carbonyl (C=O) groups is 2. The van der Waals surface area contributed by atoms with Gasteiger partial charge in [-0.3, -0.25) is 9.59 Å². The number of imide groups is 1. The normalized spacial score (nSPS) is 42.2. The molecule has 4 heteroatoms. The van der Waals surface area contributed by atoms with E-state index in [9.17, 15) is 14.0 Å². The third kappa shape index (κ3) is 1.29. The van der Waals surface area contributed by atoms with Gasteiger partial charge in [-0.1, -0.05) is 24.3 Å². The second-order valence-electron chi connectivity index (χ2n) is 6.62. The highest BCUT2D eigenvalue weighted by atomic mass is 19.1. The van der Waals surface area contributed by atoms with E-state index in [1.807, 2.05) is 0 Å². The lowest BCUT2D eigenvalue weighted by molar-refractivity contribution is -0.124. The van der Waals surface area contributed by atoms with Crippen molar-refractivity contribution in [1.29, 1.82) is 0 Å². The predicted octanol–water partition coefficient (Wildman–Crippen LogP) is 2.38. The zero-order valence-corrected chi connectivity index (χ0v) is 11.3. The predicted molar refractivity (Wildman–Crippen MR) is 73.6 cm³/mol. The number of allylic oxidation sites excluding steroid dienone is 2.